The average molecular weight is 519 g/mol. The number of hydrogen-bond donors (Lipinski definition) is 1. The third-order valence-electron chi connectivity index (χ3n) is 11.0. The predicted molar refractivity (Wildman–Crippen MR) is 150 cm³/mol. The fraction of sp³-hybridized carbons (Fsp3) is 0.750. The molecule has 7 atom stereocenters. The summed E-state index contributed by atoms with van der Waals surface area (Å²) >= 11 is 0. The van der Waals surface area contributed by atoms with Gasteiger partial charge >= 0.3 is 5.97 Å². The van der Waals surface area contributed by atoms with Crippen molar-refractivity contribution in [3.05, 3.63) is 30.1 Å². The normalized spacial score (nSPS) is 36.4. The largest absolute Gasteiger partial charge is 0.481 e. The molecule has 2 aromatic rings. The Morgan fingerprint density at radius 3 is 2.32 bits per heavy atom. The Morgan fingerprint density at radius 2 is 1.58 bits per heavy atom. The summed E-state index contributed by atoms with van der Waals surface area (Å²) in [5, 5.41) is 9.17. The van der Waals surface area contributed by atoms with Gasteiger partial charge in [0.05, 0.1) is 17.5 Å². The molecule has 0 spiro atoms. The molecule has 4 heterocycles. The van der Waals surface area contributed by atoms with Crippen LogP contribution in [0.25, 0.3) is 11.0 Å². The Morgan fingerprint density at radius 1 is 0.842 bits per heavy atom. The number of aliphatic carboxylic acids is 1. The minimum absolute atomic E-state index is 0.230. The quantitative estimate of drug-likeness (QED) is 0.492. The number of imidazole rings is 1. The van der Waals surface area contributed by atoms with Crippen molar-refractivity contribution in [3.8, 4) is 0 Å². The van der Waals surface area contributed by atoms with Crippen LogP contribution in [0.1, 0.15) is 108 Å². The highest BCUT2D eigenvalue weighted by atomic mass is 16.4. The van der Waals surface area contributed by atoms with Gasteiger partial charge in [-0.3, -0.25) is 9.69 Å². The first-order valence-electron chi connectivity index (χ1n) is 15.8. The van der Waals surface area contributed by atoms with Crippen molar-refractivity contribution >= 4 is 17.0 Å². The Hall–Kier alpha value is -1.92. The average Bonchev–Trinajstić information content (AvgIpc) is 3.49. The molecule has 4 bridgehead atoms. The Labute approximate surface area is 227 Å². The highest BCUT2D eigenvalue weighted by Crippen LogP contribution is 2.48. The summed E-state index contributed by atoms with van der Waals surface area (Å²) in [5.41, 5.74) is 2.45. The number of carboxylic acids is 1. The lowest BCUT2D eigenvalue weighted by atomic mass is 9.73. The van der Waals surface area contributed by atoms with Crippen molar-refractivity contribution in [2.75, 3.05) is 19.6 Å². The van der Waals surface area contributed by atoms with E-state index in [-0.39, 0.29) is 6.42 Å². The Balaban J connectivity index is 1.14. The minimum Gasteiger partial charge on any atom is -0.481 e. The van der Waals surface area contributed by atoms with Gasteiger partial charge in [0.1, 0.15) is 5.82 Å². The minimum atomic E-state index is -0.698. The van der Waals surface area contributed by atoms with E-state index < -0.39 is 5.97 Å². The van der Waals surface area contributed by atoms with Crippen LogP contribution in [0.4, 0.5) is 0 Å². The van der Waals surface area contributed by atoms with Crippen LogP contribution in [-0.2, 0) is 4.79 Å². The van der Waals surface area contributed by atoms with Gasteiger partial charge in [-0.2, -0.15) is 0 Å². The molecule has 0 amide bonds. The van der Waals surface area contributed by atoms with Gasteiger partial charge in [0.15, 0.2) is 0 Å². The van der Waals surface area contributed by atoms with Gasteiger partial charge in [-0.05, 0) is 81.9 Å². The Kier molecular flexibility index (Phi) is 6.98. The zero-order valence-electron chi connectivity index (χ0n) is 23.0. The van der Waals surface area contributed by atoms with E-state index in [1.54, 1.807) is 0 Å². The number of nitrogens with zero attached hydrogens (tertiary/aromatic N) is 4. The number of carboxylic acid groups (broad SMARTS) is 1. The number of rotatable bonds is 6. The van der Waals surface area contributed by atoms with Crippen molar-refractivity contribution in [2.45, 2.75) is 120 Å². The summed E-state index contributed by atoms with van der Waals surface area (Å²) in [6.07, 6.45) is 18.3. The van der Waals surface area contributed by atoms with Crippen LogP contribution >= 0.6 is 0 Å². The third kappa shape index (κ3) is 4.81. The second kappa shape index (κ2) is 10.6. The predicted octanol–water partition coefficient (Wildman–Crippen LogP) is 6.22. The van der Waals surface area contributed by atoms with Crippen molar-refractivity contribution < 1.29 is 9.90 Å². The molecule has 5 aliphatic rings. The summed E-state index contributed by atoms with van der Waals surface area (Å²) in [5.74, 6) is 2.93. The number of aromatic nitrogens is 2. The molecule has 1 aromatic carbocycles. The first-order valence-corrected chi connectivity index (χ1v) is 15.8. The lowest BCUT2D eigenvalue weighted by Gasteiger charge is -2.54. The van der Waals surface area contributed by atoms with Crippen LogP contribution in [0.2, 0.25) is 0 Å². The van der Waals surface area contributed by atoms with Crippen LogP contribution < -0.4 is 0 Å². The molecule has 3 aliphatic heterocycles. The van der Waals surface area contributed by atoms with E-state index in [0.717, 1.165) is 55.0 Å². The van der Waals surface area contributed by atoms with Gasteiger partial charge in [0.25, 0.3) is 0 Å². The van der Waals surface area contributed by atoms with Gasteiger partial charge in [-0.1, -0.05) is 44.2 Å². The molecular formula is C32H46N4O2. The van der Waals surface area contributed by atoms with Crippen LogP contribution in [0.15, 0.2) is 24.3 Å². The van der Waals surface area contributed by atoms with Crippen molar-refractivity contribution in [3.63, 3.8) is 0 Å². The molecular weight excluding hydrogens is 472 g/mol. The molecule has 3 saturated heterocycles. The van der Waals surface area contributed by atoms with Gasteiger partial charge in [-0.25, -0.2) is 4.98 Å². The molecule has 6 nitrogen and oxygen atoms in total. The molecule has 6 heteroatoms. The van der Waals surface area contributed by atoms with E-state index in [4.69, 9.17) is 4.98 Å². The third-order valence-corrected chi connectivity index (χ3v) is 11.0. The molecule has 0 radical (unpaired) electrons. The number of para-hydroxylation sites is 2. The van der Waals surface area contributed by atoms with E-state index >= 15 is 0 Å². The van der Waals surface area contributed by atoms with Crippen molar-refractivity contribution in [2.24, 2.45) is 11.8 Å². The topological polar surface area (TPSA) is 61.6 Å². The summed E-state index contributed by atoms with van der Waals surface area (Å²) < 4.78 is 2.67. The van der Waals surface area contributed by atoms with E-state index in [9.17, 15) is 9.90 Å². The first kappa shape index (κ1) is 25.1. The first-order chi connectivity index (χ1) is 18.6. The highest BCUT2D eigenvalue weighted by molar-refractivity contribution is 5.76. The van der Waals surface area contributed by atoms with E-state index in [2.05, 4.69) is 38.6 Å². The monoisotopic (exact) mass is 518 g/mol. The second-order valence-corrected chi connectivity index (χ2v) is 13.4. The number of carbonyl (C=O) groups is 1. The maximum Gasteiger partial charge on any atom is 0.304 e. The lowest BCUT2D eigenvalue weighted by Crippen LogP contribution is -2.58. The van der Waals surface area contributed by atoms with Crippen LogP contribution in [0.3, 0.4) is 0 Å². The lowest BCUT2D eigenvalue weighted by molar-refractivity contribution is -0.137. The van der Waals surface area contributed by atoms with E-state index in [1.807, 2.05) is 0 Å². The summed E-state index contributed by atoms with van der Waals surface area (Å²) in [6.45, 7) is 2.57. The molecule has 2 saturated carbocycles. The molecule has 1 aromatic heterocycles. The van der Waals surface area contributed by atoms with Crippen molar-refractivity contribution in [1.29, 1.82) is 0 Å². The van der Waals surface area contributed by atoms with Gasteiger partial charge < -0.3 is 14.6 Å². The molecule has 7 rings (SSSR count). The standard InChI is InChI=1S/C32H46N4O2/c37-31(38)13-15-34-14-12-24(21-34)32-33-29-10-3-4-11-30(29)36(32)28-19-25-8-5-9-26(20-28)35(25)27-17-22-6-1-2-7-23(16-22)18-27/h3-4,10-11,22-28H,1-2,5-9,12-21H2,(H,37,38)/t22-,23+,24-,25-,26+,27-,28+/m0/s1. The Bertz CT molecular complexity index is 1120. The van der Waals surface area contributed by atoms with Crippen LogP contribution in [0.5, 0.6) is 0 Å². The van der Waals surface area contributed by atoms with Crippen LogP contribution in [-0.4, -0.2) is 68.2 Å². The summed E-state index contributed by atoms with van der Waals surface area (Å²) in [7, 11) is 0. The smallest absolute Gasteiger partial charge is 0.304 e. The molecule has 206 valence electrons. The molecule has 38 heavy (non-hydrogen) atoms. The molecule has 5 fully saturated rings. The maximum atomic E-state index is 11.1. The van der Waals surface area contributed by atoms with Crippen molar-refractivity contribution in [1.82, 2.24) is 19.4 Å². The number of hydrogen-bond acceptors (Lipinski definition) is 4. The number of piperidine rings is 2. The fourth-order valence-electron chi connectivity index (χ4n) is 9.54. The SMILES string of the molecule is O=C(O)CCN1CC[C@H](c2nc3ccccc3n2[C@H]2C[C@H]3CCC[C@@H](C2)N3[C@@H]2C[C@@H]3CCCC[C@@H](C3)C2)C1. The van der Waals surface area contributed by atoms with E-state index in [1.165, 1.54) is 88.4 Å². The summed E-state index contributed by atoms with van der Waals surface area (Å²) in [6, 6.07) is 11.6. The summed E-state index contributed by atoms with van der Waals surface area (Å²) in [4.78, 5) is 21.8. The number of benzene rings is 1. The molecule has 1 N–H and O–H groups in total. The fourth-order valence-corrected chi connectivity index (χ4v) is 9.54. The zero-order valence-corrected chi connectivity index (χ0v) is 23.0. The van der Waals surface area contributed by atoms with Gasteiger partial charge in [-0.15, -0.1) is 0 Å². The van der Waals surface area contributed by atoms with Crippen LogP contribution in [0, 0.1) is 11.8 Å². The molecule has 0 unspecified atom stereocenters. The van der Waals surface area contributed by atoms with Gasteiger partial charge in [0, 0.05) is 43.2 Å². The van der Waals surface area contributed by atoms with E-state index in [0.29, 0.717) is 18.5 Å². The highest BCUT2D eigenvalue weighted by Gasteiger charge is 2.45. The molecule has 2 aliphatic carbocycles. The maximum absolute atomic E-state index is 11.1. The number of fused-ring (bicyclic) bond motifs is 5. The number of likely N-dealkylation sites (tertiary alicyclic amines) is 1. The van der Waals surface area contributed by atoms with Gasteiger partial charge in [0.2, 0.25) is 0 Å². The zero-order chi connectivity index (χ0) is 25.6. The second-order valence-electron chi connectivity index (χ2n) is 13.4.